The molecule has 114 valence electrons. The fraction of sp³-hybridized carbons (Fsp3) is 0.188. The largest absolute Gasteiger partial charge is 0.390 e. The van der Waals surface area contributed by atoms with E-state index in [1.807, 2.05) is 16.0 Å². The van der Waals surface area contributed by atoms with Gasteiger partial charge in [0, 0.05) is 10.6 Å². The number of hydrogen-bond donors (Lipinski definition) is 1. The molecule has 0 atom stereocenters. The van der Waals surface area contributed by atoms with Gasteiger partial charge in [0.05, 0.1) is 25.0 Å². The lowest BCUT2D eigenvalue weighted by atomic mass is 10.2. The predicted molar refractivity (Wildman–Crippen MR) is 87.5 cm³/mol. The fourth-order valence-electron chi connectivity index (χ4n) is 2.09. The number of nitrogens with zero attached hydrogens (tertiary/aromatic N) is 2. The molecule has 3 rings (SSSR count). The minimum absolute atomic E-state index is 0.0323. The Labute approximate surface area is 136 Å². The Hall–Kier alpha value is -1.63. The van der Waals surface area contributed by atoms with Gasteiger partial charge in [0.15, 0.2) is 5.16 Å². The number of aliphatic hydroxyl groups is 1. The van der Waals surface area contributed by atoms with Crippen molar-refractivity contribution in [1.82, 2.24) is 9.55 Å². The first kappa shape index (κ1) is 15.3. The van der Waals surface area contributed by atoms with E-state index < -0.39 is 0 Å². The molecule has 0 unspecified atom stereocenters. The minimum atomic E-state index is -0.226. The van der Waals surface area contributed by atoms with Crippen molar-refractivity contribution in [3.8, 4) is 0 Å². The molecule has 0 saturated heterocycles. The Morgan fingerprint density at radius 1 is 1.23 bits per heavy atom. The second-order valence-electron chi connectivity index (χ2n) is 4.77. The van der Waals surface area contributed by atoms with Gasteiger partial charge in [-0.2, -0.15) is 0 Å². The predicted octanol–water partition coefficient (Wildman–Crippen LogP) is 3.92. The second-order valence-corrected chi connectivity index (χ2v) is 6.75. The first-order valence-corrected chi connectivity index (χ1v) is 8.67. The van der Waals surface area contributed by atoms with E-state index in [9.17, 15) is 9.50 Å². The molecule has 0 aliphatic carbocycles. The van der Waals surface area contributed by atoms with Crippen LogP contribution in [0.3, 0.4) is 0 Å². The number of thioether (sulfide) groups is 1. The average molecular weight is 334 g/mol. The number of thiophene rings is 1. The molecule has 6 heteroatoms. The number of aliphatic hydroxyl groups excluding tert-OH is 1. The molecule has 0 radical (unpaired) electrons. The molecule has 0 bridgehead atoms. The molecule has 2 aromatic heterocycles. The van der Waals surface area contributed by atoms with Crippen LogP contribution >= 0.6 is 23.1 Å². The van der Waals surface area contributed by atoms with Crippen LogP contribution in [0, 0.1) is 5.82 Å². The lowest BCUT2D eigenvalue weighted by molar-refractivity contribution is 0.270. The molecular weight excluding hydrogens is 319 g/mol. The van der Waals surface area contributed by atoms with Gasteiger partial charge in [0.2, 0.25) is 0 Å². The summed E-state index contributed by atoms with van der Waals surface area (Å²) in [6.45, 7) is 0.675. The van der Waals surface area contributed by atoms with E-state index in [0.29, 0.717) is 12.3 Å². The SMILES string of the molecule is OCc1cnc(SCc2ccc(F)cc2)n1Cc1cccs1. The van der Waals surface area contributed by atoms with Crippen LogP contribution in [0.5, 0.6) is 0 Å². The zero-order chi connectivity index (χ0) is 15.4. The molecule has 0 saturated carbocycles. The molecule has 3 aromatic rings. The highest BCUT2D eigenvalue weighted by Gasteiger charge is 2.11. The van der Waals surface area contributed by atoms with Crippen LogP contribution in [0.2, 0.25) is 0 Å². The van der Waals surface area contributed by atoms with Gasteiger partial charge in [-0.25, -0.2) is 9.37 Å². The van der Waals surface area contributed by atoms with Crippen molar-refractivity contribution in [3.05, 3.63) is 69.9 Å². The molecule has 0 aliphatic heterocycles. The maximum absolute atomic E-state index is 12.9. The molecular formula is C16H15FN2OS2. The van der Waals surface area contributed by atoms with Gasteiger partial charge in [-0.05, 0) is 29.1 Å². The van der Waals surface area contributed by atoms with Crippen LogP contribution in [-0.2, 0) is 18.9 Å². The normalized spacial score (nSPS) is 11.0. The van der Waals surface area contributed by atoms with Crippen molar-refractivity contribution in [1.29, 1.82) is 0 Å². The molecule has 0 fully saturated rings. The van der Waals surface area contributed by atoms with Crippen molar-refractivity contribution < 1.29 is 9.50 Å². The number of halogens is 1. The summed E-state index contributed by atoms with van der Waals surface area (Å²) < 4.78 is 15.0. The zero-order valence-corrected chi connectivity index (χ0v) is 13.4. The number of imidazole rings is 1. The minimum Gasteiger partial charge on any atom is -0.390 e. The Balaban J connectivity index is 1.75. The smallest absolute Gasteiger partial charge is 0.168 e. The van der Waals surface area contributed by atoms with Gasteiger partial charge in [0.1, 0.15) is 5.82 Å². The van der Waals surface area contributed by atoms with E-state index in [4.69, 9.17) is 0 Å². The van der Waals surface area contributed by atoms with E-state index in [1.165, 1.54) is 17.0 Å². The lowest BCUT2D eigenvalue weighted by Gasteiger charge is -2.09. The Kier molecular flexibility index (Phi) is 4.92. The molecule has 1 N–H and O–H groups in total. The van der Waals surface area contributed by atoms with Gasteiger partial charge in [0.25, 0.3) is 0 Å². The molecule has 0 aliphatic rings. The Morgan fingerprint density at radius 3 is 2.73 bits per heavy atom. The Bertz CT molecular complexity index is 723. The third-order valence-corrected chi connectivity index (χ3v) is 5.16. The van der Waals surface area contributed by atoms with E-state index in [0.717, 1.165) is 16.4 Å². The van der Waals surface area contributed by atoms with Crippen LogP contribution in [0.1, 0.15) is 16.1 Å². The first-order valence-electron chi connectivity index (χ1n) is 6.81. The number of aromatic nitrogens is 2. The van der Waals surface area contributed by atoms with E-state index >= 15 is 0 Å². The van der Waals surface area contributed by atoms with E-state index in [2.05, 4.69) is 11.1 Å². The third kappa shape index (κ3) is 3.58. The molecule has 0 spiro atoms. The number of hydrogen-bond acceptors (Lipinski definition) is 4. The summed E-state index contributed by atoms with van der Waals surface area (Å²) in [6, 6.07) is 10.6. The van der Waals surface area contributed by atoms with Crippen molar-refractivity contribution >= 4 is 23.1 Å². The summed E-state index contributed by atoms with van der Waals surface area (Å²) >= 11 is 3.27. The summed E-state index contributed by atoms with van der Waals surface area (Å²) in [5.74, 6) is 0.489. The van der Waals surface area contributed by atoms with Crippen LogP contribution in [0.4, 0.5) is 4.39 Å². The van der Waals surface area contributed by atoms with Crippen LogP contribution in [-0.4, -0.2) is 14.7 Å². The highest BCUT2D eigenvalue weighted by Crippen LogP contribution is 2.25. The molecule has 22 heavy (non-hydrogen) atoms. The van der Waals surface area contributed by atoms with Crippen LogP contribution < -0.4 is 0 Å². The quantitative estimate of drug-likeness (QED) is 0.695. The summed E-state index contributed by atoms with van der Waals surface area (Å²) in [4.78, 5) is 5.62. The highest BCUT2D eigenvalue weighted by molar-refractivity contribution is 7.98. The van der Waals surface area contributed by atoms with Crippen LogP contribution in [0.25, 0.3) is 0 Å². The molecule has 0 amide bonds. The molecule has 1 aromatic carbocycles. The number of benzene rings is 1. The van der Waals surface area contributed by atoms with Gasteiger partial charge < -0.3 is 9.67 Å². The van der Waals surface area contributed by atoms with Crippen molar-refractivity contribution in [2.45, 2.75) is 24.1 Å². The first-order chi connectivity index (χ1) is 10.8. The summed E-state index contributed by atoms with van der Waals surface area (Å²) in [7, 11) is 0. The third-order valence-electron chi connectivity index (χ3n) is 3.24. The topological polar surface area (TPSA) is 38.1 Å². The maximum atomic E-state index is 12.9. The highest BCUT2D eigenvalue weighted by atomic mass is 32.2. The standard InChI is InChI=1S/C16H15FN2OS2/c17-13-5-3-12(4-6-13)11-22-16-18-8-14(10-20)19(16)9-15-2-1-7-21-15/h1-8,20H,9-11H2. The zero-order valence-electron chi connectivity index (χ0n) is 11.8. The monoisotopic (exact) mass is 334 g/mol. The Morgan fingerprint density at radius 2 is 2.05 bits per heavy atom. The maximum Gasteiger partial charge on any atom is 0.168 e. The van der Waals surface area contributed by atoms with Crippen molar-refractivity contribution in [2.75, 3.05) is 0 Å². The summed E-state index contributed by atoms with van der Waals surface area (Å²) in [5.41, 5.74) is 1.85. The van der Waals surface area contributed by atoms with Gasteiger partial charge in [-0.1, -0.05) is 30.0 Å². The summed E-state index contributed by atoms with van der Waals surface area (Å²) in [5, 5.41) is 12.4. The molecule has 3 nitrogen and oxygen atoms in total. The summed E-state index contributed by atoms with van der Waals surface area (Å²) in [6.07, 6.45) is 1.71. The lowest BCUT2D eigenvalue weighted by Crippen LogP contribution is -2.05. The van der Waals surface area contributed by atoms with Crippen LogP contribution in [0.15, 0.2) is 53.1 Å². The fourth-order valence-corrected chi connectivity index (χ4v) is 3.74. The van der Waals surface area contributed by atoms with Crippen molar-refractivity contribution in [3.63, 3.8) is 0 Å². The van der Waals surface area contributed by atoms with Crippen molar-refractivity contribution in [2.24, 2.45) is 0 Å². The second kappa shape index (κ2) is 7.09. The van der Waals surface area contributed by atoms with E-state index in [1.54, 1.807) is 41.4 Å². The van der Waals surface area contributed by atoms with Gasteiger partial charge in [-0.3, -0.25) is 0 Å². The number of rotatable bonds is 6. The van der Waals surface area contributed by atoms with E-state index in [-0.39, 0.29) is 12.4 Å². The molecule has 2 heterocycles. The van der Waals surface area contributed by atoms with Gasteiger partial charge in [-0.15, -0.1) is 11.3 Å². The van der Waals surface area contributed by atoms with Gasteiger partial charge >= 0.3 is 0 Å². The average Bonchev–Trinajstić information content (AvgIpc) is 3.17.